The number of benzene rings is 2. The summed E-state index contributed by atoms with van der Waals surface area (Å²) < 4.78 is 66.2. The Hall–Kier alpha value is -2.51. The second-order valence-electron chi connectivity index (χ2n) is 5.52. The Morgan fingerprint density at radius 2 is 1.93 bits per heavy atom. The zero-order valence-electron chi connectivity index (χ0n) is 14.9. The molecule has 0 aliphatic heterocycles. The molecule has 0 radical (unpaired) electrons. The summed E-state index contributed by atoms with van der Waals surface area (Å²) in [6.07, 6.45) is 1.71. The number of nitrogens with zero attached hydrogens (tertiary/aromatic N) is 1. The lowest BCUT2D eigenvalue weighted by atomic mass is 10.3. The highest BCUT2D eigenvalue weighted by molar-refractivity contribution is 7.98. The minimum atomic E-state index is -5.65. The molecule has 0 heterocycles. The van der Waals surface area contributed by atoms with Gasteiger partial charge in [0.1, 0.15) is 0 Å². The quantitative estimate of drug-likeness (QED) is 0.354. The molecule has 0 bridgehead atoms. The molecule has 2 rings (SSSR count). The average molecular weight is 485 g/mol. The maximum atomic E-state index is 12.7. The Bertz CT molecular complexity index is 1090. The van der Waals surface area contributed by atoms with Gasteiger partial charge in [-0.05, 0) is 36.6 Å². The zero-order chi connectivity index (χ0) is 22.7. The van der Waals surface area contributed by atoms with Crippen LogP contribution in [0.5, 0.6) is 5.75 Å². The minimum absolute atomic E-state index is 0.201. The van der Waals surface area contributed by atoms with Gasteiger partial charge >= 0.3 is 11.2 Å². The number of nitro benzene ring substituents is 1. The van der Waals surface area contributed by atoms with Crippen LogP contribution in [-0.4, -0.2) is 37.6 Å². The van der Waals surface area contributed by atoms with Gasteiger partial charge in [0.15, 0.2) is 12.4 Å². The van der Waals surface area contributed by atoms with Crippen molar-refractivity contribution in [3.8, 4) is 5.75 Å². The summed E-state index contributed by atoms with van der Waals surface area (Å²) in [6.45, 7) is -0.744. The Kier molecular flexibility index (Phi) is 7.21. The van der Waals surface area contributed by atoms with Crippen molar-refractivity contribution in [2.75, 3.05) is 18.2 Å². The first-order valence-electron chi connectivity index (χ1n) is 7.73. The van der Waals surface area contributed by atoms with Crippen LogP contribution < -0.4 is 10.1 Å². The molecule has 0 saturated heterocycles. The maximum absolute atomic E-state index is 12.7. The van der Waals surface area contributed by atoms with Gasteiger partial charge in [0.25, 0.3) is 15.7 Å². The van der Waals surface area contributed by atoms with Crippen molar-refractivity contribution in [3.63, 3.8) is 0 Å². The number of carbonyl (C=O) groups excluding carboxylic acids is 1. The summed E-state index contributed by atoms with van der Waals surface area (Å²) in [4.78, 5) is 22.0. The van der Waals surface area contributed by atoms with Crippen molar-refractivity contribution in [1.29, 1.82) is 0 Å². The molecule has 2 aromatic rings. The standard InChI is InChI=1S/C16H12ClF3N2O6S2/c1-29-9-2-5-14(13(6-9)22(24)25)28-8-15(23)21-12-7-10(3-4-11(12)17)30(26,27)16(18,19)20/h2-7H,8H2,1H3,(H,21,23). The monoisotopic (exact) mass is 484 g/mol. The van der Waals surface area contributed by atoms with Crippen LogP contribution in [0.3, 0.4) is 0 Å². The highest BCUT2D eigenvalue weighted by Gasteiger charge is 2.47. The van der Waals surface area contributed by atoms with Gasteiger partial charge in [-0.1, -0.05) is 11.6 Å². The van der Waals surface area contributed by atoms with E-state index in [1.807, 2.05) is 0 Å². The Labute approximate surface area is 177 Å². The molecule has 0 aliphatic rings. The number of thioether (sulfide) groups is 1. The van der Waals surface area contributed by atoms with Crippen LogP contribution in [0.25, 0.3) is 0 Å². The van der Waals surface area contributed by atoms with E-state index in [4.69, 9.17) is 16.3 Å². The number of nitrogens with one attached hydrogen (secondary N) is 1. The van der Waals surface area contributed by atoms with E-state index in [9.17, 15) is 36.5 Å². The lowest BCUT2D eigenvalue weighted by molar-refractivity contribution is -0.386. The number of ether oxygens (including phenoxy) is 1. The average Bonchev–Trinajstić information content (AvgIpc) is 2.66. The molecule has 8 nitrogen and oxygen atoms in total. The van der Waals surface area contributed by atoms with Crippen molar-refractivity contribution in [2.45, 2.75) is 15.3 Å². The smallest absolute Gasteiger partial charge is 0.477 e. The van der Waals surface area contributed by atoms with E-state index in [1.165, 1.54) is 30.0 Å². The van der Waals surface area contributed by atoms with E-state index in [0.29, 0.717) is 17.0 Å². The molecule has 1 N–H and O–H groups in total. The third-order valence-corrected chi connectivity index (χ3v) is 6.09. The number of alkyl halides is 3. The van der Waals surface area contributed by atoms with Crippen molar-refractivity contribution < 1.29 is 36.0 Å². The van der Waals surface area contributed by atoms with Crippen LogP contribution in [0, 0.1) is 10.1 Å². The maximum Gasteiger partial charge on any atom is 0.501 e. The molecule has 0 saturated carbocycles. The second kappa shape index (κ2) is 9.10. The van der Waals surface area contributed by atoms with E-state index in [0.717, 1.165) is 6.07 Å². The van der Waals surface area contributed by atoms with Gasteiger partial charge in [0.05, 0.1) is 20.5 Å². The van der Waals surface area contributed by atoms with E-state index < -0.39 is 43.4 Å². The third kappa shape index (κ3) is 5.34. The van der Waals surface area contributed by atoms with Crippen LogP contribution in [0.2, 0.25) is 5.02 Å². The van der Waals surface area contributed by atoms with Gasteiger partial charge in [0.2, 0.25) is 0 Å². The van der Waals surface area contributed by atoms with Crippen molar-refractivity contribution >= 4 is 50.5 Å². The number of hydrogen-bond donors (Lipinski definition) is 1. The summed E-state index contributed by atoms with van der Waals surface area (Å²) in [5.74, 6) is -1.13. The van der Waals surface area contributed by atoms with Crippen LogP contribution in [0.1, 0.15) is 0 Å². The summed E-state index contributed by atoms with van der Waals surface area (Å²) in [5, 5.41) is 13.0. The topological polar surface area (TPSA) is 116 Å². The van der Waals surface area contributed by atoms with E-state index in [2.05, 4.69) is 5.32 Å². The molecule has 2 aromatic carbocycles. The molecule has 30 heavy (non-hydrogen) atoms. The molecule has 1 amide bonds. The van der Waals surface area contributed by atoms with Crippen LogP contribution >= 0.6 is 23.4 Å². The highest BCUT2D eigenvalue weighted by Crippen LogP contribution is 2.34. The third-order valence-electron chi connectivity index (χ3n) is 3.55. The molecular formula is C16H12ClF3N2O6S2. The van der Waals surface area contributed by atoms with Crippen LogP contribution in [-0.2, 0) is 14.6 Å². The Morgan fingerprint density at radius 1 is 1.27 bits per heavy atom. The molecule has 0 fully saturated rings. The number of sulfone groups is 1. The number of amides is 1. The fourth-order valence-electron chi connectivity index (χ4n) is 2.12. The minimum Gasteiger partial charge on any atom is -0.477 e. The predicted octanol–water partition coefficient (Wildman–Crippen LogP) is 4.28. The van der Waals surface area contributed by atoms with Crippen molar-refractivity contribution in [2.24, 2.45) is 0 Å². The number of carbonyl (C=O) groups is 1. The van der Waals surface area contributed by atoms with E-state index in [1.54, 1.807) is 6.26 Å². The van der Waals surface area contributed by atoms with Gasteiger partial charge in [-0.15, -0.1) is 11.8 Å². The van der Waals surface area contributed by atoms with Gasteiger partial charge < -0.3 is 10.1 Å². The summed E-state index contributed by atoms with van der Waals surface area (Å²) in [7, 11) is -5.65. The first-order chi connectivity index (χ1) is 13.9. The van der Waals surface area contributed by atoms with Crippen molar-refractivity contribution in [1.82, 2.24) is 0 Å². The van der Waals surface area contributed by atoms with Crippen LogP contribution in [0.15, 0.2) is 46.2 Å². The highest BCUT2D eigenvalue weighted by atomic mass is 35.5. The van der Waals surface area contributed by atoms with Gasteiger partial charge in [-0.3, -0.25) is 14.9 Å². The normalized spacial score (nSPS) is 11.8. The first-order valence-corrected chi connectivity index (χ1v) is 10.8. The van der Waals surface area contributed by atoms with Gasteiger partial charge in [-0.25, -0.2) is 8.42 Å². The second-order valence-corrected chi connectivity index (χ2v) is 8.75. The SMILES string of the molecule is CSc1ccc(OCC(=O)Nc2cc(S(=O)(=O)C(F)(F)F)ccc2Cl)c([N+](=O)[O-])c1. The van der Waals surface area contributed by atoms with Gasteiger partial charge in [-0.2, -0.15) is 13.2 Å². The van der Waals surface area contributed by atoms with E-state index >= 15 is 0 Å². The summed E-state index contributed by atoms with van der Waals surface area (Å²) >= 11 is 7.06. The van der Waals surface area contributed by atoms with Gasteiger partial charge in [0, 0.05) is 11.0 Å². The Morgan fingerprint density at radius 3 is 2.50 bits per heavy atom. The lowest BCUT2D eigenvalue weighted by Crippen LogP contribution is -2.24. The largest absolute Gasteiger partial charge is 0.501 e. The van der Waals surface area contributed by atoms with Crippen molar-refractivity contribution in [3.05, 3.63) is 51.5 Å². The number of rotatable bonds is 7. The molecule has 0 atom stereocenters. The fourth-order valence-corrected chi connectivity index (χ4v) is 3.51. The molecule has 0 aliphatic carbocycles. The molecule has 0 aromatic heterocycles. The lowest BCUT2D eigenvalue weighted by Gasteiger charge is -2.12. The molecule has 0 unspecified atom stereocenters. The number of halogens is 4. The number of anilines is 1. The Balaban J connectivity index is 2.18. The fraction of sp³-hybridized carbons (Fsp3) is 0.188. The number of nitro groups is 1. The zero-order valence-corrected chi connectivity index (χ0v) is 17.3. The van der Waals surface area contributed by atoms with E-state index in [-0.39, 0.29) is 16.5 Å². The molecular weight excluding hydrogens is 473 g/mol. The number of hydrogen-bond acceptors (Lipinski definition) is 7. The molecule has 14 heteroatoms. The molecule has 0 spiro atoms. The predicted molar refractivity (Wildman–Crippen MR) is 104 cm³/mol. The summed E-state index contributed by atoms with van der Waals surface area (Å²) in [6, 6.07) is 6.16. The van der Waals surface area contributed by atoms with Crippen LogP contribution in [0.4, 0.5) is 24.5 Å². The summed E-state index contributed by atoms with van der Waals surface area (Å²) in [5.41, 5.74) is -6.32. The molecule has 162 valence electrons. The first kappa shape index (κ1) is 23.8.